The van der Waals surface area contributed by atoms with Crippen molar-refractivity contribution in [3.63, 3.8) is 0 Å². The van der Waals surface area contributed by atoms with E-state index < -0.39 is 5.82 Å². The fourth-order valence-corrected chi connectivity index (χ4v) is 2.20. The first-order chi connectivity index (χ1) is 8.63. The summed E-state index contributed by atoms with van der Waals surface area (Å²) in [6.45, 7) is 2.01. The molecule has 2 nitrogen and oxygen atoms in total. The maximum absolute atomic E-state index is 13.7. The van der Waals surface area contributed by atoms with Gasteiger partial charge in [-0.25, -0.2) is 9.37 Å². The molecule has 0 aliphatic rings. The predicted molar refractivity (Wildman–Crippen MR) is 71.8 cm³/mol. The van der Waals surface area contributed by atoms with E-state index in [1.807, 2.05) is 31.2 Å². The van der Waals surface area contributed by atoms with E-state index in [4.69, 9.17) is 4.42 Å². The van der Waals surface area contributed by atoms with Crippen LogP contribution in [0.2, 0.25) is 0 Å². The van der Waals surface area contributed by atoms with Crippen molar-refractivity contribution < 1.29 is 8.81 Å². The van der Waals surface area contributed by atoms with E-state index in [1.165, 1.54) is 6.07 Å². The predicted octanol–water partition coefficient (Wildman–Crippen LogP) is 4.70. The third-order valence-electron chi connectivity index (χ3n) is 2.71. The normalized spacial score (nSPS) is 11.1. The minimum atomic E-state index is -0.412. The molecule has 3 rings (SSSR count). The second-order valence-corrected chi connectivity index (χ2v) is 5.04. The summed E-state index contributed by atoms with van der Waals surface area (Å²) in [5, 5.41) is 0. The van der Waals surface area contributed by atoms with Gasteiger partial charge in [-0.05, 0) is 31.2 Å². The fraction of sp³-hybridized carbons (Fsp3) is 0.0714. The van der Waals surface area contributed by atoms with Crippen LogP contribution in [-0.2, 0) is 0 Å². The van der Waals surface area contributed by atoms with Gasteiger partial charge in [-0.1, -0.05) is 33.6 Å². The van der Waals surface area contributed by atoms with Crippen molar-refractivity contribution in [1.29, 1.82) is 0 Å². The standard InChI is InChI=1S/C14H9BrFNO/c1-8-2-4-9(5-3-8)14-17-12-7-10(15)6-11(16)13(12)18-14/h2-7H,1H3. The highest BCUT2D eigenvalue weighted by molar-refractivity contribution is 9.10. The van der Waals surface area contributed by atoms with Crippen molar-refractivity contribution >= 4 is 27.0 Å². The number of rotatable bonds is 1. The minimum Gasteiger partial charge on any atom is -0.433 e. The third-order valence-corrected chi connectivity index (χ3v) is 3.17. The quantitative estimate of drug-likeness (QED) is 0.651. The smallest absolute Gasteiger partial charge is 0.227 e. The van der Waals surface area contributed by atoms with Crippen LogP contribution in [0.5, 0.6) is 0 Å². The van der Waals surface area contributed by atoms with Gasteiger partial charge in [0.2, 0.25) is 5.89 Å². The maximum Gasteiger partial charge on any atom is 0.227 e. The Morgan fingerprint density at radius 2 is 1.89 bits per heavy atom. The first-order valence-corrected chi connectivity index (χ1v) is 6.25. The topological polar surface area (TPSA) is 26.0 Å². The molecule has 90 valence electrons. The molecule has 0 aliphatic carbocycles. The van der Waals surface area contributed by atoms with Gasteiger partial charge in [-0.3, -0.25) is 0 Å². The SMILES string of the molecule is Cc1ccc(-c2nc3cc(Br)cc(F)c3o2)cc1. The van der Waals surface area contributed by atoms with Crippen molar-refractivity contribution in [1.82, 2.24) is 4.98 Å². The Kier molecular flexibility index (Phi) is 2.67. The Morgan fingerprint density at radius 3 is 2.61 bits per heavy atom. The number of oxazole rings is 1. The molecule has 3 aromatic rings. The van der Waals surface area contributed by atoms with E-state index >= 15 is 0 Å². The highest BCUT2D eigenvalue weighted by Gasteiger charge is 2.12. The van der Waals surface area contributed by atoms with Crippen LogP contribution in [-0.4, -0.2) is 4.98 Å². The van der Waals surface area contributed by atoms with Crippen LogP contribution in [0.1, 0.15) is 5.56 Å². The number of hydrogen-bond donors (Lipinski definition) is 0. The molecule has 0 amide bonds. The molecule has 0 saturated heterocycles. The molecule has 0 N–H and O–H groups in total. The van der Waals surface area contributed by atoms with Crippen molar-refractivity contribution in [3.8, 4) is 11.5 Å². The first-order valence-electron chi connectivity index (χ1n) is 5.46. The molecular formula is C14H9BrFNO. The van der Waals surface area contributed by atoms with Crippen LogP contribution in [0.3, 0.4) is 0 Å². The monoisotopic (exact) mass is 305 g/mol. The molecule has 0 spiro atoms. The van der Waals surface area contributed by atoms with Crippen molar-refractivity contribution in [2.75, 3.05) is 0 Å². The largest absolute Gasteiger partial charge is 0.433 e. The number of aromatic nitrogens is 1. The number of halogens is 2. The lowest BCUT2D eigenvalue weighted by atomic mass is 10.1. The lowest BCUT2D eigenvalue weighted by Crippen LogP contribution is -1.77. The number of benzene rings is 2. The highest BCUT2D eigenvalue weighted by Crippen LogP contribution is 2.28. The number of fused-ring (bicyclic) bond motifs is 1. The summed E-state index contributed by atoms with van der Waals surface area (Å²) >= 11 is 3.24. The summed E-state index contributed by atoms with van der Waals surface area (Å²) in [7, 11) is 0. The molecule has 2 aromatic carbocycles. The van der Waals surface area contributed by atoms with Gasteiger partial charge in [-0.15, -0.1) is 0 Å². The molecule has 1 heterocycles. The Morgan fingerprint density at radius 1 is 1.17 bits per heavy atom. The van der Waals surface area contributed by atoms with E-state index in [0.717, 1.165) is 11.1 Å². The third kappa shape index (κ3) is 1.93. The van der Waals surface area contributed by atoms with Crippen LogP contribution < -0.4 is 0 Å². The first kappa shape index (κ1) is 11.4. The average molecular weight is 306 g/mol. The van der Waals surface area contributed by atoms with Gasteiger partial charge in [0, 0.05) is 10.0 Å². The molecule has 0 atom stereocenters. The Balaban J connectivity index is 2.19. The number of aryl methyl sites for hydroxylation is 1. The van der Waals surface area contributed by atoms with Crippen LogP contribution >= 0.6 is 15.9 Å². The van der Waals surface area contributed by atoms with Crippen LogP contribution in [0.4, 0.5) is 4.39 Å². The number of nitrogens with zero attached hydrogens (tertiary/aromatic N) is 1. The molecule has 1 aromatic heterocycles. The van der Waals surface area contributed by atoms with E-state index in [1.54, 1.807) is 6.07 Å². The molecule has 0 bridgehead atoms. The van der Waals surface area contributed by atoms with Crippen molar-refractivity contribution in [2.24, 2.45) is 0 Å². The summed E-state index contributed by atoms with van der Waals surface area (Å²) in [4.78, 5) is 4.30. The molecule has 18 heavy (non-hydrogen) atoms. The van der Waals surface area contributed by atoms with Crippen LogP contribution in [0.25, 0.3) is 22.6 Å². The van der Waals surface area contributed by atoms with Crippen LogP contribution in [0.15, 0.2) is 45.3 Å². The summed E-state index contributed by atoms with van der Waals surface area (Å²) in [6, 6.07) is 10.9. The molecule has 4 heteroatoms. The highest BCUT2D eigenvalue weighted by atomic mass is 79.9. The molecule has 0 unspecified atom stereocenters. The molecule has 0 radical (unpaired) electrons. The second kappa shape index (κ2) is 4.21. The van der Waals surface area contributed by atoms with Gasteiger partial charge in [-0.2, -0.15) is 0 Å². The van der Waals surface area contributed by atoms with E-state index in [2.05, 4.69) is 20.9 Å². The van der Waals surface area contributed by atoms with E-state index in [9.17, 15) is 4.39 Å². The van der Waals surface area contributed by atoms with Gasteiger partial charge in [0.1, 0.15) is 5.52 Å². The zero-order valence-electron chi connectivity index (χ0n) is 9.58. The molecule has 0 saturated carbocycles. The zero-order chi connectivity index (χ0) is 12.7. The molecular weight excluding hydrogens is 297 g/mol. The maximum atomic E-state index is 13.7. The molecule has 0 aliphatic heterocycles. The van der Waals surface area contributed by atoms with Gasteiger partial charge in [0.25, 0.3) is 0 Å². The summed E-state index contributed by atoms with van der Waals surface area (Å²) in [6.07, 6.45) is 0. The van der Waals surface area contributed by atoms with Crippen molar-refractivity contribution in [3.05, 3.63) is 52.3 Å². The van der Waals surface area contributed by atoms with Crippen molar-refractivity contribution in [2.45, 2.75) is 6.92 Å². The fourth-order valence-electron chi connectivity index (χ4n) is 1.78. The van der Waals surface area contributed by atoms with E-state index in [-0.39, 0.29) is 5.58 Å². The summed E-state index contributed by atoms with van der Waals surface area (Å²) in [5.74, 6) is 0.0206. The minimum absolute atomic E-state index is 0.189. The second-order valence-electron chi connectivity index (χ2n) is 4.12. The Bertz CT molecular complexity index is 718. The van der Waals surface area contributed by atoms with Gasteiger partial charge in [0.15, 0.2) is 11.4 Å². The van der Waals surface area contributed by atoms with Crippen LogP contribution in [0, 0.1) is 12.7 Å². The summed E-state index contributed by atoms with van der Waals surface area (Å²) in [5.41, 5.74) is 2.70. The summed E-state index contributed by atoms with van der Waals surface area (Å²) < 4.78 is 19.8. The number of hydrogen-bond acceptors (Lipinski definition) is 2. The van der Waals surface area contributed by atoms with Gasteiger partial charge >= 0.3 is 0 Å². The lowest BCUT2D eigenvalue weighted by molar-refractivity contribution is 0.564. The Hall–Kier alpha value is -1.68. The Labute approximate surface area is 112 Å². The van der Waals surface area contributed by atoms with Gasteiger partial charge in [0.05, 0.1) is 0 Å². The van der Waals surface area contributed by atoms with Gasteiger partial charge < -0.3 is 4.42 Å². The zero-order valence-corrected chi connectivity index (χ0v) is 11.2. The average Bonchev–Trinajstić information content (AvgIpc) is 2.74. The lowest BCUT2D eigenvalue weighted by Gasteiger charge is -1.95. The van der Waals surface area contributed by atoms with E-state index in [0.29, 0.717) is 15.9 Å². The molecule has 0 fully saturated rings.